The molecule has 108 valence electrons. The van der Waals surface area contributed by atoms with Gasteiger partial charge in [-0.3, -0.25) is 10.1 Å². The molecular weight excluding hydrogens is 342 g/mol. The predicted octanol–water partition coefficient (Wildman–Crippen LogP) is 4.16. The van der Waals surface area contributed by atoms with Crippen molar-refractivity contribution in [3.05, 3.63) is 77.0 Å². The summed E-state index contributed by atoms with van der Waals surface area (Å²) in [6.45, 7) is 0. The summed E-state index contributed by atoms with van der Waals surface area (Å²) in [7, 11) is 0. The molecule has 1 aromatic heterocycles. The van der Waals surface area contributed by atoms with Gasteiger partial charge in [-0.05, 0) is 39.2 Å². The van der Waals surface area contributed by atoms with Crippen LogP contribution in [0.3, 0.4) is 0 Å². The van der Waals surface area contributed by atoms with Crippen LogP contribution in [-0.4, -0.2) is 15.9 Å². The van der Waals surface area contributed by atoms with Gasteiger partial charge >= 0.3 is 0 Å². The van der Waals surface area contributed by atoms with Crippen molar-refractivity contribution in [2.24, 2.45) is 0 Å². The normalized spacial score (nSPS) is 10.2. The highest BCUT2D eigenvalue weighted by Gasteiger charge is 2.08. The molecule has 1 heterocycles. The van der Waals surface area contributed by atoms with Gasteiger partial charge in [-0.2, -0.15) is 0 Å². The Bertz CT molecular complexity index is 771. The standard InChI is InChI=1S/C17H12BrN3O/c18-15-10-19-17(20-11-15)21-16(22)14-8-6-13(7-9-14)12-4-2-1-3-5-12/h1-11H,(H,19,20,21,22). The molecule has 5 heteroatoms. The maximum Gasteiger partial charge on any atom is 0.258 e. The van der Waals surface area contributed by atoms with E-state index in [2.05, 4.69) is 31.2 Å². The number of hydrogen-bond acceptors (Lipinski definition) is 3. The van der Waals surface area contributed by atoms with E-state index in [1.807, 2.05) is 42.5 Å². The molecule has 0 aliphatic heterocycles. The van der Waals surface area contributed by atoms with E-state index < -0.39 is 0 Å². The number of carbonyl (C=O) groups is 1. The lowest BCUT2D eigenvalue weighted by atomic mass is 10.0. The molecule has 0 aliphatic carbocycles. The molecule has 3 rings (SSSR count). The van der Waals surface area contributed by atoms with E-state index in [1.54, 1.807) is 24.5 Å². The molecule has 22 heavy (non-hydrogen) atoms. The van der Waals surface area contributed by atoms with Gasteiger partial charge in [-0.15, -0.1) is 0 Å². The first-order valence-corrected chi connectivity index (χ1v) is 7.46. The van der Waals surface area contributed by atoms with Gasteiger partial charge in [-0.25, -0.2) is 9.97 Å². The Kier molecular flexibility index (Phi) is 4.25. The van der Waals surface area contributed by atoms with Crippen LogP contribution in [0.15, 0.2) is 71.5 Å². The molecule has 0 saturated carbocycles. The highest BCUT2D eigenvalue weighted by atomic mass is 79.9. The Labute approximate surface area is 136 Å². The van der Waals surface area contributed by atoms with E-state index in [9.17, 15) is 4.79 Å². The van der Waals surface area contributed by atoms with Crippen molar-refractivity contribution in [1.82, 2.24) is 9.97 Å². The third-order valence-electron chi connectivity index (χ3n) is 3.10. The molecule has 0 bridgehead atoms. The molecule has 0 unspecified atom stereocenters. The van der Waals surface area contributed by atoms with E-state index in [-0.39, 0.29) is 11.9 Å². The van der Waals surface area contributed by atoms with Crippen LogP contribution in [0.5, 0.6) is 0 Å². The lowest BCUT2D eigenvalue weighted by Gasteiger charge is -2.05. The van der Waals surface area contributed by atoms with Crippen LogP contribution in [-0.2, 0) is 0 Å². The summed E-state index contributed by atoms with van der Waals surface area (Å²) < 4.78 is 0.762. The molecule has 3 aromatic rings. The average Bonchev–Trinajstić information content (AvgIpc) is 2.58. The Morgan fingerprint density at radius 1 is 0.864 bits per heavy atom. The SMILES string of the molecule is O=C(Nc1ncc(Br)cn1)c1ccc(-c2ccccc2)cc1. The molecule has 0 radical (unpaired) electrons. The first-order chi connectivity index (χ1) is 10.7. The maximum atomic E-state index is 12.1. The van der Waals surface area contributed by atoms with Gasteiger partial charge in [0.05, 0.1) is 4.47 Å². The van der Waals surface area contributed by atoms with Crippen LogP contribution in [0.1, 0.15) is 10.4 Å². The average molecular weight is 354 g/mol. The summed E-state index contributed by atoms with van der Waals surface area (Å²) in [5, 5.41) is 2.66. The summed E-state index contributed by atoms with van der Waals surface area (Å²) in [5.74, 6) is 0.0438. The Morgan fingerprint density at radius 2 is 1.45 bits per heavy atom. The van der Waals surface area contributed by atoms with Crippen molar-refractivity contribution in [2.45, 2.75) is 0 Å². The highest BCUT2D eigenvalue weighted by molar-refractivity contribution is 9.10. The Morgan fingerprint density at radius 3 is 2.09 bits per heavy atom. The zero-order valence-electron chi connectivity index (χ0n) is 11.5. The molecule has 0 atom stereocenters. The van der Waals surface area contributed by atoms with Crippen molar-refractivity contribution in [3.8, 4) is 11.1 Å². The molecule has 0 saturated heterocycles. The van der Waals surface area contributed by atoms with Crippen molar-refractivity contribution >= 4 is 27.8 Å². The zero-order valence-corrected chi connectivity index (χ0v) is 13.1. The molecule has 0 aliphatic rings. The van der Waals surface area contributed by atoms with Crippen molar-refractivity contribution in [3.63, 3.8) is 0 Å². The van der Waals surface area contributed by atoms with Crippen molar-refractivity contribution in [2.75, 3.05) is 5.32 Å². The van der Waals surface area contributed by atoms with Gasteiger partial charge in [0.25, 0.3) is 5.91 Å². The number of anilines is 1. The van der Waals surface area contributed by atoms with Crippen LogP contribution in [0.2, 0.25) is 0 Å². The van der Waals surface area contributed by atoms with E-state index in [0.29, 0.717) is 5.56 Å². The molecule has 4 nitrogen and oxygen atoms in total. The summed E-state index contributed by atoms with van der Waals surface area (Å²) in [4.78, 5) is 20.2. The Hall–Kier alpha value is -2.53. The number of nitrogens with zero attached hydrogens (tertiary/aromatic N) is 2. The Balaban J connectivity index is 1.75. The fourth-order valence-electron chi connectivity index (χ4n) is 2.00. The van der Waals surface area contributed by atoms with Crippen molar-refractivity contribution < 1.29 is 4.79 Å². The van der Waals surface area contributed by atoms with E-state index in [0.717, 1.165) is 15.6 Å². The number of carbonyl (C=O) groups excluding carboxylic acids is 1. The summed E-state index contributed by atoms with van der Waals surface area (Å²) in [5.41, 5.74) is 2.74. The minimum Gasteiger partial charge on any atom is -0.290 e. The molecule has 0 spiro atoms. The third kappa shape index (κ3) is 3.38. The number of benzene rings is 2. The maximum absolute atomic E-state index is 12.1. The van der Waals surface area contributed by atoms with E-state index >= 15 is 0 Å². The fraction of sp³-hybridized carbons (Fsp3) is 0. The summed E-state index contributed by atoms with van der Waals surface area (Å²) in [6, 6.07) is 17.4. The minimum atomic E-state index is -0.234. The molecule has 1 N–H and O–H groups in total. The summed E-state index contributed by atoms with van der Waals surface area (Å²) in [6.07, 6.45) is 3.17. The molecule has 0 fully saturated rings. The first kappa shape index (κ1) is 14.4. The van der Waals surface area contributed by atoms with Crippen LogP contribution >= 0.6 is 15.9 Å². The quantitative estimate of drug-likeness (QED) is 0.769. The number of halogens is 1. The van der Waals surface area contributed by atoms with Gasteiger partial charge in [0.2, 0.25) is 5.95 Å². The zero-order chi connectivity index (χ0) is 15.4. The predicted molar refractivity (Wildman–Crippen MR) is 89.6 cm³/mol. The van der Waals surface area contributed by atoms with Crippen LogP contribution < -0.4 is 5.32 Å². The van der Waals surface area contributed by atoms with Gasteiger partial charge in [0.15, 0.2) is 0 Å². The van der Waals surface area contributed by atoms with Gasteiger partial charge < -0.3 is 0 Å². The number of nitrogens with one attached hydrogen (secondary N) is 1. The van der Waals surface area contributed by atoms with Gasteiger partial charge in [-0.1, -0.05) is 42.5 Å². The summed E-state index contributed by atoms with van der Waals surface area (Å²) >= 11 is 3.25. The monoisotopic (exact) mass is 353 g/mol. The van der Waals surface area contributed by atoms with Gasteiger partial charge in [0, 0.05) is 18.0 Å². The number of hydrogen-bond donors (Lipinski definition) is 1. The molecular formula is C17H12BrN3O. The number of aromatic nitrogens is 2. The second-order valence-corrected chi connectivity index (χ2v) is 5.54. The van der Waals surface area contributed by atoms with E-state index in [1.165, 1.54) is 0 Å². The number of amides is 1. The number of rotatable bonds is 3. The smallest absolute Gasteiger partial charge is 0.258 e. The lowest BCUT2D eigenvalue weighted by Crippen LogP contribution is -2.13. The van der Waals surface area contributed by atoms with Crippen LogP contribution in [0, 0.1) is 0 Å². The topological polar surface area (TPSA) is 54.9 Å². The molecule has 2 aromatic carbocycles. The highest BCUT2D eigenvalue weighted by Crippen LogP contribution is 2.19. The third-order valence-corrected chi connectivity index (χ3v) is 3.51. The minimum absolute atomic E-state index is 0.234. The lowest BCUT2D eigenvalue weighted by molar-refractivity contribution is 0.102. The van der Waals surface area contributed by atoms with Gasteiger partial charge in [0.1, 0.15) is 0 Å². The molecule has 1 amide bonds. The van der Waals surface area contributed by atoms with Crippen molar-refractivity contribution in [1.29, 1.82) is 0 Å². The van der Waals surface area contributed by atoms with Crippen LogP contribution in [0.25, 0.3) is 11.1 Å². The van der Waals surface area contributed by atoms with Crippen LogP contribution in [0.4, 0.5) is 5.95 Å². The first-order valence-electron chi connectivity index (χ1n) is 6.67. The second kappa shape index (κ2) is 6.49. The largest absolute Gasteiger partial charge is 0.290 e. The second-order valence-electron chi connectivity index (χ2n) is 4.62. The fourth-order valence-corrected chi connectivity index (χ4v) is 2.20. The van der Waals surface area contributed by atoms with E-state index in [4.69, 9.17) is 0 Å².